The van der Waals surface area contributed by atoms with Gasteiger partial charge in [-0.3, -0.25) is 4.79 Å². The number of tetrazole rings is 1. The van der Waals surface area contributed by atoms with E-state index >= 15 is 0 Å². The van der Waals surface area contributed by atoms with Gasteiger partial charge in [-0.25, -0.2) is 5.43 Å². The van der Waals surface area contributed by atoms with Crippen molar-refractivity contribution in [3.05, 3.63) is 90.8 Å². The Hall–Kier alpha value is -2.79. The minimum absolute atomic E-state index is 0.141. The summed E-state index contributed by atoms with van der Waals surface area (Å²) in [5, 5.41) is 17.2. The van der Waals surface area contributed by atoms with E-state index in [4.69, 9.17) is 27.9 Å². The average Bonchev–Trinajstić information content (AvgIpc) is 3.28. The van der Waals surface area contributed by atoms with Gasteiger partial charge in [0.05, 0.1) is 10.7 Å². The fourth-order valence-electron chi connectivity index (χ4n) is 2.97. The third-order valence-corrected chi connectivity index (χ3v) is 6.22. The number of ether oxygens (including phenoxy) is 1. The number of halogens is 4. The summed E-state index contributed by atoms with van der Waals surface area (Å²) in [6.45, 7) is 0.0723. The summed E-state index contributed by atoms with van der Waals surface area (Å²) in [5.74, 6) is 0.550. The summed E-state index contributed by atoms with van der Waals surface area (Å²) in [4.78, 5) is 13.5. The van der Waals surface area contributed by atoms with Gasteiger partial charge in [-0.1, -0.05) is 75.5 Å². The Labute approximate surface area is 227 Å². The van der Waals surface area contributed by atoms with Crippen molar-refractivity contribution in [3.8, 4) is 17.1 Å². The SMILES string of the molecule is O=C(Cn1nnc(-c2ccccc2)n1)N/N=C\c1cc(Br)cc(Br)c1OCc1ccc(Cl)cc1Cl. The average molecular weight is 639 g/mol. The van der Waals surface area contributed by atoms with E-state index in [2.05, 4.69) is 57.8 Å². The first kappa shape index (κ1) is 25.3. The standard InChI is InChI=1S/C23H16Br2Cl2N6O2/c24-17-8-16(22(19(25)9-17)35-13-15-6-7-18(26)10-20(15)27)11-28-29-21(34)12-33-31-23(30-32-33)14-4-2-1-3-5-14/h1-11H,12-13H2,(H,29,34)/b28-11-. The van der Waals surface area contributed by atoms with Crippen LogP contribution in [0, 0.1) is 0 Å². The van der Waals surface area contributed by atoms with Crippen molar-refractivity contribution in [2.75, 3.05) is 0 Å². The van der Waals surface area contributed by atoms with Crippen LogP contribution >= 0.6 is 55.1 Å². The Bertz CT molecular complexity index is 1380. The summed E-state index contributed by atoms with van der Waals surface area (Å²) in [6, 6.07) is 18.2. The van der Waals surface area contributed by atoms with Crippen LogP contribution in [0.2, 0.25) is 10.0 Å². The van der Waals surface area contributed by atoms with Crippen LogP contribution in [0.5, 0.6) is 5.75 Å². The van der Waals surface area contributed by atoms with Crippen LogP contribution in [0.15, 0.2) is 74.7 Å². The molecule has 0 radical (unpaired) electrons. The molecular weight excluding hydrogens is 623 g/mol. The highest BCUT2D eigenvalue weighted by molar-refractivity contribution is 9.11. The molecule has 1 amide bonds. The van der Waals surface area contributed by atoms with Gasteiger partial charge in [-0.05, 0) is 45.4 Å². The molecular formula is C23H16Br2Cl2N6O2. The molecule has 0 spiro atoms. The zero-order valence-electron chi connectivity index (χ0n) is 17.8. The Morgan fingerprint density at radius 1 is 1.11 bits per heavy atom. The molecule has 0 atom stereocenters. The minimum atomic E-state index is -0.414. The monoisotopic (exact) mass is 636 g/mol. The van der Waals surface area contributed by atoms with Crippen LogP contribution in [-0.2, 0) is 17.9 Å². The molecule has 0 aliphatic rings. The summed E-state index contributed by atoms with van der Waals surface area (Å²) in [7, 11) is 0. The Morgan fingerprint density at radius 2 is 1.91 bits per heavy atom. The van der Waals surface area contributed by atoms with Gasteiger partial charge in [-0.15, -0.1) is 10.2 Å². The lowest BCUT2D eigenvalue weighted by Crippen LogP contribution is -2.24. The number of hydrazone groups is 1. The van der Waals surface area contributed by atoms with Crippen molar-refractivity contribution in [1.82, 2.24) is 25.6 Å². The van der Waals surface area contributed by atoms with Gasteiger partial charge >= 0.3 is 0 Å². The molecule has 0 aliphatic carbocycles. The van der Waals surface area contributed by atoms with Gasteiger partial charge in [0.25, 0.3) is 5.91 Å². The first-order valence-corrected chi connectivity index (χ1v) is 12.4. The van der Waals surface area contributed by atoms with Gasteiger partial charge in [0.1, 0.15) is 18.9 Å². The Morgan fingerprint density at radius 3 is 2.69 bits per heavy atom. The molecule has 0 bridgehead atoms. The van der Waals surface area contributed by atoms with Gasteiger partial charge in [0.15, 0.2) is 0 Å². The second-order valence-electron chi connectivity index (χ2n) is 7.13. The number of hydrogen-bond acceptors (Lipinski definition) is 6. The van der Waals surface area contributed by atoms with Crippen LogP contribution in [0.1, 0.15) is 11.1 Å². The van der Waals surface area contributed by atoms with Crippen LogP contribution in [-0.4, -0.2) is 32.3 Å². The number of amides is 1. The van der Waals surface area contributed by atoms with Gasteiger partial charge < -0.3 is 4.74 Å². The van der Waals surface area contributed by atoms with Crippen LogP contribution in [0.4, 0.5) is 0 Å². The molecule has 4 rings (SSSR count). The Kier molecular flexibility index (Phi) is 8.50. The van der Waals surface area contributed by atoms with Gasteiger partial charge in [0, 0.05) is 31.2 Å². The lowest BCUT2D eigenvalue weighted by Gasteiger charge is -2.13. The predicted octanol–water partition coefficient (Wildman–Crippen LogP) is 5.90. The number of benzene rings is 3. The number of nitrogens with zero attached hydrogens (tertiary/aromatic N) is 5. The normalized spacial score (nSPS) is 11.1. The number of aromatic nitrogens is 4. The van der Waals surface area contributed by atoms with Crippen molar-refractivity contribution < 1.29 is 9.53 Å². The van der Waals surface area contributed by atoms with Crippen molar-refractivity contribution in [1.29, 1.82) is 0 Å². The molecule has 0 saturated carbocycles. The fraction of sp³-hybridized carbons (Fsp3) is 0.0870. The summed E-state index contributed by atoms with van der Waals surface area (Å²) < 4.78 is 7.50. The number of carbonyl (C=O) groups excluding carboxylic acids is 1. The maximum atomic E-state index is 12.3. The maximum absolute atomic E-state index is 12.3. The van der Waals surface area contributed by atoms with E-state index in [0.29, 0.717) is 31.7 Å². The molecule has 1 N–H and O–H groups in total. The first-order valence-electron chi connectivity index (χ1n) is 10.1. The van der Waals surface area contributed by atoms with Crippen LogP contribution in [0.25, 0.3) is 11.4 Å². The molecule has 3 aromatic carbocycles. The van der Waals surface area contributed by atoms with Crippen molar-refractivity contribution in [2.45, 2.75) is 13.2 Å². The highest BCUT2D eigenvalue weighted by atomic mass is 79.9. The molecule has 0 fully saturated rings. The summed E-state index contributed by atoms with van der Waals surface area (Å²) in [5.41, 5.74) is 4.68. The van der Waals surface area contributed by atoms with Crippen LogP contribution < -0.4 is 10.2 Å². The van der Waals surface area contributed by atoms with Crippen molar-refractivity contribution in [3.63, 3.8) is 0 Å². The number of nitrogens with one attached hydrogen (secondary N) is 1. The number of hydrogen-bond donors (Lipinski definition) is 1. The largest absolute Gasteiger partial charge is 0.487 e. The van der Waals surface area contributed by atoms with Crippen molar-refractivity contribution >= 4 is 67.2 Å². The lowest BCUT2D eigenvalue weighted by atomic mass is 10.2. The van der Waals surface area contributed by atoms with Gasteiger partial charge in [-0.2, -0.15) is 9.90 Å². The van der Waals surface area contributed by atoms with Crippen molar-refractivity contribution in [2.24, 2.45) is 5.10 Å². The second kappa shape index (κ2) is 11.8. The molecule has 178 valence electrons. The lowest BCUT2D eigenvalue weighted by molar-refractivity contribution is -0.122. The smallest absolute Gasteiger partial charge is 0.263 e. The quantitative estimate of drug-likeness (QED) is 0.192. The Balaban J connectivity index is 1.41. The fourth-order valence-corrected chi connectivity index (χ4v) is 4.80. The molecule has 35 heavy (non-hydrogen) atoms. The highest BCUT2D eigenvalue weighted by Crippen LogP contribution is 2.33. The van der Waals surface area contributed by atoms with Crippen LogP contribution in [0.3, 0.4) is 0 Å². The van der Waals surface area contributed by atoms with E-state index in [0.717, 1.165) is 15.6 Å². The summed E-state index contributed by atoms with van der Waals surface area (Å²) >= 11 is 19.2. The van der Waals surface area contributed by atoms with E-state index < -0.39 is 5.91 Å². The third-order valence-electron chi connectivity index (χ3n) is 4.59. The molecule has 12 heteroatoms. The number of carbonyl (C=O) groups is 1. The highest BCUT2D eigenvalue weighted by Gasteiger charge is 2.12. The predicted molar refractivity (Wildman–Crippen MR) is 142 cm³/mol. The molecule has 1 aromatic heterocycles. The summed E-state index contributed by atoms with van der Waals surface area (Å²) in [6.07, 6.45) is 1.48. The van der Waals surface area contributed by atoms with E-state index in [1.54, 1.807) is 18.2 Å². The second-order valence-corrected chi connectivity index (χ2v) is 9.75. The molecule has 0 aliphatic heterocycles. The first-order chi connectivity index (χ1) is 16.9. The zero-order chi connectivity index (χ0) is 24.8. The maximum Gasteiger partial charge on any atom is 0.263 e. The van der Waals surface area contributed by atoms with Gasteiger partial charge in [0.2, 0.25) is 5.82 Å². The zero-order valence-corrected chi connectivity index (χ0v) is 22.5. The van der Waals surface area contributed by atoms with E-state index in [1.807, 2.05) is 42.5 Å². The topological polar surface area (TPSA) is 94.3 Å². The molecule has 0 unspecified atom stereocenters. The third kappa shape index (κ3) is 6.88. The van der Waals surface area contributed by atoms with E-state index in [1.165, 1.54) is 11.0 Å². The molecule has 4 aromatic rings. The number of rotatable bonds is 8. The van der Waals surface area contributed by atoms with E-state index in [-0.39, 0.29) is 13.2 Å². The minimum Gasteiger partial charge on any atom is -0.487 e. The molecule has 1 heterocycles. The van der Waals surface area contributed by atoms with E-state index in [9.17, 15) is 4.79 Å². The molecule has 8 nitrogen and oxygen atoms in total. The molecule has 0 saturated heterocycles.